The number of benzene rings is 2. The zero-order chi connectivity index (χ0) is 20.9. The SMILES string of the molecule is CC(c1cccc(C(=O)c2ccccc2)c1)c1nsc(/N=C(\N)N2CCOCC2)n1. The number of nitrogens with zero attached hydrogens (tertiary/aromatic N) is 4. The number of aromatic nitrogens is 2. The van der Waals surface area contributed by atoms with Crippen LogP contribution in [-0.4, -0.2) is 52.3 Å². The fourth-order valence-corrected chi connectivity index (χ4v) is 3.91. The third kappa shape index (κ3) is 4.55. The van der Waals surface area contributed by atoms with Crippen molar-refractivity contribution in [3.63, 3.8) is 0 Å². The quantitative estimate of drug-likeness (QED) is 0.386. The lowest BCUT2D eigenvalue weighted by Gasteiger charge is -2.27. The van der Waals surface area contributed by atoms with E-state index in [0.29, 0.717) is 41.3 Å². The summed E-state index contributed by atoms with van der Waals surface area (Å²) in [4.78, 5) is 23.7. The lowest BCUT2D eigenvalue weighted by atomic mass is 9.95. The van der Waals surface area contributed by atoms with Crippen molar-refractivity contribution in [2.45, 2.75) is 12.8 Å². The number of hydrogen-bond donors (Lipinski definition) is 1. The van der Waals surface area contributed by atoms with Crippen molar-refractivity contribution in [2.24, 2.45) is 10.7 Å². The smallest absolute Gasteiger partial charge is 0.232 e. The molecular weight excluding hydrogens is 398 g/mol. The molecule has 2 heterocycles. The van der Waals surface area contributed by atoms with Crippen LogP contribution in [0, 0.1) is 0 Å². The number of ether oxygens (including phenoxy) is 1. The second-order valence-corrected chi connectivity index (χ2v) is 7.78. The highest BCUT2D eigenvalue weighted by atomic mass is 32.1. The molecule has 0 aliphatic carbocycles. The largest absolute Gasteiger partial charge is 0.378 e. The Bertz CT molecular complexity index is 1040. The van der Waals surface area contributed by atoms with Gasteiger partial charge in [0.25, 0.3) is 0 Å². The van der Waals surface area contributed by atoms with Crippen LogP contribution in [0.5, 0.6) is 0 Å². The van der Waals surface area contributed by atoms with Crippen LogP contribution in [0.3, 0.4) is 0 Å². The molecule has 1 aliphatic rings. The Morgan fingerprint density at radius 2 is 1.87 bits per heavy atom. The molecule has 0 bridgehead atoms. The normalized spacial score (nSPS) is 15.8. The number of morpholine rings is 1. The summed E-state index contributed by atoms with van der Waals surface area (Å²) in [6.07, 6.45) is 0. The van der Waals surface area contributed by atoms with Crippen molar-refractivity contribution in [3.05, 3.63) is 77.1 Å². The Kier molecular flexibility index (Phi) is 6.15. The fourth-order valence-electron chi connectivity index (χ4n) is 3.26. The minimum Gasteiger partial charge on any atom is -0.378 e. The molecule has 0 radical (unpaired) electrons. The van der Waals surface area contributed by atoms with Crippen molar-refractivity contribution in [1.29, 1.82) is 0 Å². The fraction of sp³-hybridized carbons (Fsp3) is 0.273. The first kappa shape index (κ1) is 20.2. The third-order valence-corrected chi connectivity index (χ3v) is 5.67. The standard InChI is InChI=1S/C22H23N5O2S/c1-15(17-8-5-9-18(14-17)19(28)16-6-3-2-4-7-16)20-24-22(30-26-20)25-21(23)27-10-12-29-13-11-27/h2-9,14-15H,10-13H2,1H3,(H2,23,24,25,26). The molecule has 8 heteroatoms. The van der Waals surface area contributed by atoms with Crippen molar-refractivity contribution < 1.29 is 9.53 Å². The molecule has 1 aromatic heterocycles. The summed E-state index contributed by atoms with van der Waals surface area (Å²) in [5.41, 5.74) is 8.40. The Hall–Kier alpha value is -3.10. The van der Waals surface area contributed by atoms with Crippen LogP contribution in [-0.2, 0) is 4.74 Å². The molecule has 1 atom stereocenters. The van der Waals surface area contributed by atoms with E-state index < -0.39 is 0 Å². The number of carbonyl (C=O) groups excluding carboxylic acids is 1. The van der Waals surface area contributed by atoms with Gasteiger partial charge in [-0.1, -0.05) is 55.5 Å². The number of nitrogens with two attached hydrogens (primary N) is 1. The molecule has 30 heavy (non-hydrogen) atoms. The molecule has 2 N–H and O–H groups in total. The highest BCUT2D eigenvalue weighted by Crippen LogP contribution is 2.27. The Balaban J connectivity index is 1.51. The predicted molar refractivity (Wildman–Crippen MR) is 117 cm³/mol. The molecule has 7 nitrogen and oxygen atoms in total. The average molecular weight is 422 g/mol. The van der Waals surface area contributed by atoms with Crippen LogP contribution in [0.2, 0.25) is 0 Å². The summed E-state index contributed by atoms with van der Waals surface area (Å²) in [6.45, 7) is 4.76. The van der Waals surface area contributed by atoms with Crippen LogP contribution < -0.4 is 5.73 Å². The number of carbonyl (C=O) groups is 1. The molecule has 1 aliphatic heterocycles. The molecular formula is C22H23N5O2S. The predicted octanol–water partition coefficient (Wildman–Crippen LogP) is 3.20. The lowest BCUT2D eigenvalue weighted by Crippen LogP contribution is -2.44. The molecule has 0 amide bonds. The Morgan fingerprint density at radius 3 is 2.63 bits per heavy atom. The number of aliphatic imine (C=N–C) groups is 1. The van der Waals surface area contributed by atoms with E-state index in [9.17, 15) is 4.79 Å². The van der Waals surface area contributed by atoms with Gasteiger partial charge in [-0.25, -0.2) is 4.98 Å². The molecule has 4 rings (SSSR count). The van der Waals surface area contributed by atoms with Crippen molar-refractivity contribution >= 4 is 28.4 Å². The molecule has 0 spiro atoms. The van der Waals surface area contributed by atoms with Crippen LogP contribution in [0.25, 0.3) is 0 Å². The maximum absolute atomic E-state index is 12.8. The summed E-state index contributed by atoms with van der Waals surface area (Å²) in [5.74, 6) is 1.03. The van der Waals surface area contributed by atoms with E-state index >= 15 is 0 Å². The monoisotopic (exact) mass is 421 g/mol. The van der Waals surface area contributed by atoms with Gasteiger partial charge in [0.05, 0.1) is 13.2 Å². The van der Waals surface area contributed by atoms with Gasteiger partial charge in [-0.2, -0.15) is 9.37 Å². The van der Waals surface area contributed by atoms with Gasteiger partial charge in [0.1, 0.15) is 0 Å². The maximum atomic E-state index is 12.8. The van der Waals surface area contributed by atoms with Gasteiger partial charge in [0.15, 0.2) is 17.6 Å². The van der Waals surface area contributed by atoms with Crippen molar-refractivity contribution in [2.75, 3.05) is 26.3 Å². The van der Waals surface area contributed by atoms with E-state index in [1.165, 1.54) is 11.5 Å². The van der Waals surface area contributed by atoms with E-state index in [2.05, 4.69) is 14.3 Å². The zero-order valence-corrected chi connectivity index (χ0v) is 17.5. The first-order valence-electron chi connectivity index (χ1n) is 9.82. The molecule has 154 valence electrons. The zero-order valence-electron chi connectivity index (χ0n) is 16.7. The number of ketones is 1. The summed E-state index contributed by atoms with van der Waals surface area (Å²) in [7, 11) is 0. The molecule has 1 unspecified atom stereocenters. The molecule has 0 saturated carbocycles. The highest BCUT2D eigenvalue weighted by molar-refractivity contribution is 7.09. The van der Waals surface area contributed by atoms with E-state index in [-0.39, 0.29) is 11.7 Å². The molecule has 1 fully saturated rings. The minimum atomic E-state index is -0.0710. The van der Waals surface area contributed by atoms with E-state index in [0.717, 1.165) is 18.7 Å². The van der Waals surface area contributed by atoms with Gasteiger partial charge in [-0.3, -0.25) is 4.79 Å². The second kappa shape index (κ2) is 9.15. The van der Waals surface area contributed by atoms with Gasteiger partial charge >= 0.3 is 0 Å². The van der Waals surface area contributed by atoms with Crippen LogP contribution in [0.1, 0.15) is 40.2 Å². The van der Waals surface area contributed by atoms with Gasteiger partial charge in [0, 0.05) is 41.7 Å². The van der Waals surface area contributed by atoms with Crippen LogP contribution in [0.4, 0.5) is 5.13 Å². The Labute approximate surface area is 179 Å². The number of guanidine groups is 1. The summed E-state index contributed by atoms with van der Waals surface area (Å²) in [6, 6.07) is 16.9. The second-order valence-electron chi connectivity index (χ2n) is 7.05. The topological polar surface area (TPSA) is 93.7 Å². The highest BCUT2D eigenvalue weighted by Gasteiger charge is 2.18. The van der Waals surface area contributed by atoms with E-state index in [1.807, 2.05) is 66.4 Å². The molecule has 3 aromatic rings. The molecule has 1 saturated heterocycles. The summed E-state index contributed by atoms with van der Waals surface area (Å²) >= 11 is 1.22. The Morgan fingerprint density at radius 1 is 1.13 bits per heavy atom. The minimum absolute atomic E-state index is 0.000499. The van der Waals surface area contributed by atoms with Crippen molar-refractivity contribution in [3.8, 4) is 0 Å². The first-order chi connectivity index (χ1) is 14.6. The summed E-state index contributed by atoms with van der Waals surface area (Å²) < 4.78 is 9.80. The van der Waals surface area contributed by atoms with E-state index in [1.54, 1.807) is 0 Å². The van der Waals surface area contributed by atoms with Crippen molar-refractivity contribution in [1.82, 2.24) is 14.3 Å². The average Bonchev–Trinajstić information content (AvgIpc) is 3.27. The van der Waals surface area contributed by atoms with Gasteiger partial charge in [-0.15, -0.1) is 0 Å². The van der Waals surface area contributed by atoms with Crippen LogP contribution in [0.15, 0.2) is 59.6 Å². The van der Waals surface area contributed by atoms with Gasteiger partial charge < -0.3 is 15.4 Å². The van der Waals surface area contributed by atoms with Gasteiger partial charge in [-0.05, 0) is 11.6 Å². The number of hydrogen-bond acceptors (Lipinski definition) is 6. The molecule has 2 aromatic carbocycles. The lowest BCUT2D eigenvalue weighted by molar-refractivity contribution is 0.0675. The van der Waals surface area contributed by atoms with Crippen LogP contribution >= 0.6 is 11.5 Å². The van der Waals surface area contributed by atoms with Gasteiger partial charge in [0.2, 0.25) is 5.13 Å². The summed E-state index contributed by atoms with van der Waals surface area (Å²) in [5, 5.41) is 0.525. The van der Waals surface area contributed by atoms with E-state index in [4.69, 9.17) is 10.5 Å². The first-order valence-corrected chi connectivity index (χ1v) is 10.6. The third-order valence-electron chi connectivity index (χ3n) is 5.05. The maximum Gasteiger partial charge on any atom is 0.232 e. The number of rotatable bonds is 5.